The van der Waals surface area contributed by atoms with Crippen LogP contribution in [0.5, 0.6) is 5.88 Å². The molecule has 0 radical (unpaired) electrons. The van der Waals surface area contributed by atoms with Crippen LogP contribution >= 0.6 is 0 Å². The lowest BCUT2D eigenvalue weighted by molar-refractivity contribution is -0.0509. The number of aliphatic hydroxyl groups excluding tert-OH is 3. The molecule has 3 heterocycles. The van der Waals surface area contributed by atoms with Crippen molar-refractivity contribution < 1.29 is 24.8 Å². The maximum Gasteiger partial charge on any atom is 0.226 e. The molecule has 0 aromatic carbocycles. The second-order valence-electron chi connectivity index (χ2n) is 5.03. The van der Waals surface area contributed by atoms with Crippen LogP contribution in [0.2, 0.25) is 0 Å². The first kappa shape index (κ1) is 14.2. The molecule has 1 aliphatic heterocycles. The third kappa shape index (κ3) is 2.07. The Morgan fingerprint density at radius 2 is 2.10 bits per heavy atom. The van der Waals surface area contributed by atoms with E-state index < -0.39 is 24.5 Å². The zero-order chi connectivity index (χ0) is 15.1. The van der Waals surface area contributed by atoms with Crippen LogP contribution in [-0.2, 0) is 4.74 Å². The van der Waals surface area contributed by atoms with Crippen molar-refractivity contribution in [1.29, 1.82) is 0 Å². The number of aromatic nitrogens is 3. The van der Waals surface area contributed by atoms with Gasteiger partial charge in [0.25, 0.3) is 0 Å². The highest BCUT2D eigenvalue weighted by molar-refractivity contribution is 5.85. The molecule has 1 aliphatic rings. The van der Waals surface area contributed by atoms with Crippen LogP contribution in [-0.4, -0.2) is 61.9 Å². The third-order valence-electron chi connectivity index (χ3n) is 3.75. The summed E-state index contributed by atoms with van der Waals surface area (Å²) in [7, 11) is 1.52. The number of hydrogen-bond donors (Lipinski definition) is 3. The molecule has 1 fully saturated rings. The maximum absolute atomic E-state index is 10.1. The van der Waals surface area contributed by atoms with Crippen molar-refractivity contribution >= 4 is 11.0 Å². The quantitative estimate of drug-likeness (QED) is 0.691. The molecule has 3 N–H and O–H groups in total. The molecule has 0 spiro atoms. The Bertz CT molecular complexity index is 659. The number of ether oxygens (including phenoxy) is 2. The van der Waals surface area contributed by atoms with Gasteiger partial charge < -0.3 is 29.4 Å². The second kappa shape index (κ2) is 5.23. The lowest BCUT2D eigenvalue weighted by Crippen LogP contribution is -2.33. The molecule has 114 valence electrons. The molecular formula is C13H17N3O5. The van der Waals surface area contributed by atoms with Gasteiger partial charge in [-0.05, 0) is 12.5 Å². The van der Waals surface area contributed by atoms with Gasteiger partial charge in [0.2, 0.25) is 5.88 Å². The summed E-state index contributed by atoms with van der Waals surface area (Å²) in [5, 5.41) is 29.9. The van der Waals surface area contributed by atoms with Gasteiger partial charge in [0.15, 0.2) is 6.23 Å². The van der Waals surface area contributed by atoms with E-state index in [2.05, 4.69) is 9.97 Å². The highest BCUT2D eigenvalue weighted by Gasteiger charge is 2.44. The Morgan fingerprint density at radius 3 is 2.71 bits per heavy atom. The van der Waals surface area contributed by atoms with Crippen molar-refractivity contribution in [2.45, 2.75) is 31.5 Å². The lowest BCUT2D eigenvalue weighted by atomic mass is 10.1. The summed E-state index contributed by atoms with van der Waals surface area (Å²) >= 11 is 0. The highest BCUT2D eigenvalue weighted by Crippen LogP contribution is 2.35. The standard InChI is InChI=1S/C13H17N3O5/c1-6-3-16(11-8(6)12(20-2)15-5-14-11)13-10(19)9(18)7(4-17)21-13/h3,5,7,9-10,13,17-19H,4H2,1-2H3/t7-,9-,10-,13-/m1/s1. The first-order valence-electron chi connectivity index (χ1n) is 6.57. The average molecular weight is 295 g/mol. The Labute approximate surface area is 120 Å². The summed E-state index contributed by atoms with van der Waals surface area (Å²) in [5.74, 6) is 0.433. The first-order chi connectivity index (χ1) is 10.1. The number of aryl methyl sites for hydroxylation is 1. The summed E-state index contributed by atoms with van der Waals surface area (Å²) in [4.78, 5) is 8.25. The SMILES string of the molecule is COc1ncnc2c1c(C)cn2[C@@H]1O[C@H](CO)[C@@H](O)[C@H]1O. The topological polar surface area (TPSA) is 110 Å². The number of aliphatic hydroxyl groups is 3. The Hall–Kier alpha value is -1.74. The number of rotatable bonds is 3. The van der Waals surface area contributed by atoms with Gasteiger partial charge in [-0.25, -0.2) is 9.97 Å². The molecule has 4 atom stereocenters. The summed E-state index contributed by atoms with van der Waals surface area (Å²) in [6.45, 7) is 1.50. The van der Waals surface area contributed by atoms with Crippen molar-refractivity contribution in [3.63, 3.8) is 0 Å². The summed E-state index contributed by atoms with van der Waals surface area (Å²) in [6.07, 6.45) is -0.847. The molecule has 0 bridgehead atoms. The van der Waals surface area contributed by atoms with Gasteiger partial charge in [-0.2, -0.15) is 0 Å². The fourth-order valence-electron chi connectivity index (χ4n) is 2.69. The average Bonchev–Trinajstić information content (AvgIpc) is 2.98. The number of nitrogens with zero attached hydrogens (tertiary/aromatic N) is 3. The van der Waals surface area contributed by atoms with Crippen LogP contribution in [0.25, 0.3) is 11.0 Å². The molecule has 3 rings (SSSR count). The van der Waals surface area contributed by atoms with E-state index in [4.69, 9.17) is 14.6 Å². The van der Waals surface area contributed by atoms with Crippen molar-refractivity contribution in [2.75, 3.05) is 13.7 Å². The van der Waals surface area contributed by atoms with E-state index >= 15 is 0 Å². The van der Waals surface area contributed by atoms with Gasteiger partial charge in [-0.1, -0.05) is 0 Å². The molecule has 0 aliphatic carbocycles. The van der Waals surface area contributed by atoms with E-state index in [1.54, 1.807) is 10.8 Å². The van der Waals surface area contributed by atoms with Crippen molar-refractivity contribution in [2.24, 2.45) is 0 Å². The van der Waals surface area contributed by atoms with Crippen LogP contribution < -0.4 is 4.74 Å². The molecule has 0 amide bonds. The zero-order valence-corrected chi connectivity index (χ0v) is 11.7. The monoisotopic (exact) mass is 295 g/mol. The van der Waals surface area contributed by atoms with Crippen molar-refractivity contribution in [3.05, 3.63) is 18.1 Å². The van der Waals surface area contributed by atoms with Gasteiger partial charge >= 0.3 is 0 Å². The van der Waals surface area contributed by atoms with Crippen LogP contribution in [0.3, 0.4) is 0 Å². The smallest absolute Gasteiger partial charge is 0.226 e. The molecule has 8 heteroatoms. The van der Waals surface area contributed by atoms with E-state index in [9.17, 15) is 10.2 Å². The number of methoxy groups -OCH3 is 1. The first-order valence-corrected chi connectivity index (χ1v) is 6.57. The molecule has 0 saturated carbocycles. The predicted molar refractivity (Wildman–Crippen MR) is 71.8 cm³/mol. The molecular weight excluding hydrogens is 278 g/mol. The highest BCUT2D eigenvalue weighted by atomic mass is 16.6. The van der Waals surface area contributed by atoms with Gasteiger partial charge in [0.05, 0.1) is 19.1 Å². The van der Waals surface area contributed by atoms with Crippen molar-refractivity contribution in [3.8, 4) is 5.88 Å². The zero-order valence-electron chi connectivity index (χ0n) is 11.7. The normalized spacial score (nSPS) is 29.2. The van der Waals surface area contributed by atoms with Gasteiger partial charge in [-0.3, -0.25) is 0 Å². The largest absolute Gasteiger partial charge is 0.480 e. The minimum atomic E-state index is -1.15. The minimum absolute atomic E-state index is 0.370. The van der Waals surface area contributed by atoms with Crippen molar-refractivity contribution in [1.82, 2.24) is 14.5 Å². The lowest BCUT2D eigenvalue weighted by Gasteiger charge is -2.17. The van der Waals surface area contributed by atoms with E-state index in [1.807, 2.05) is 6.92 Å². The number of fused-ring (bicyclic) bond motifs is 1. The van der Waals surface area contributed by atoms with Gasteiger partial charge in [-0.15, -0.1) is 0 Å². The second-order valence-corrected chi connectivity index (χ2v) is 5.03. The fraction of sp³-hybridized carbons (Fsp3) is 0.538. The van der Waals surface area contributed by atoms with E-state index in [0.29, 0.717) is 11.5 Å². The fourth-order valence-corrected chi connectivity index (χ4v) is 2.69. The minimum Gasteiger partial charge on any atom is -0.480 e. The van der Waals surface area contributed by atoms with Gasteiger partial charge in [0.1, 0.15) is 30.3 Å². The molecule has 2 aromatic rings. The van der Waals surface area contributed by atoms with E-state index in [1.165, 1.54) is 13.4 Å². The molecule has 8 nitrogen and oxygen atoms in total. The Kier molecular flexibility index (Phi) is 3.54. The van der Waals surface area contributed by atoms with Crippen LogP contribution in [0, 0.1) is 6.92 Å². The van der Waals surface area contributed by atoms with Gasteiger partial charge in [0, 0.05) is 6.20 Å². The van der Waals surface area contributed by atoms with E-state index in [0.717, 1.165) is 10.9 Å². The summed E-state index contributed by atoms with van der Waals surface area (Å²) in [6, 6.07) is 0. The summed E-state index contributed by atoms with van der Waals surface area (Å²) in [5.41, 5.74) is 1.40. The molecule has 21 heavy (non-hydrogen) atoms. The van der Waals surface area contributed by atoms with Crippen LogP contribution in [0.4, 0.5) is 0 Å². The molecule has 1 saturated heterocycles. The Balaban J connectivity index is 2.10. The van der Waals surface area contributed by atoms with Crippen LogP contribution in [0.1, 0.15) is 11.8 Å². The third-order valence-corrected chi connectivity index (χ3v) is 3.75. The Morgan fingerprint density at radius 1 is 1.33 bits per heavy atom. The summed E-state index contributed by atoms with van der Waals surface area (Å²) < 4.78 is 12.4. The molecule has 2 aromatic heterocycles. The predicted octanol–water partition coefficient (Wildman–Crippen LogP) is -0.640. The number of hydrogen-bond acceptors (Lipinski definition) is 7. The maximum atomic E-state index is 10.1. The van der Waals surface area contributed by atoms with E-state index in [-0.39, 0.29) is 6.61 Å². The molecule has 0 unspecified atom stereocenters. The van der Waals surface area contributed by atoms with Crippen LogP contribution in [0.15, 0.2) is 12.5 Å².